The molecular weight excluding hydrogens is 150 g/mol. The van der Waals surface area contributed by atoms with Gasteiger partial charge < -0.3 is 19.5 Å². The Morgan fingerprint density at radius 1 is 1.73 bits per heavy atom. The van der Waals surface area contributed by atoms with Gasteiger partial charge in [0.1, 0.15) is 0 Å². The van der Waals surface area contributed by atoms with Gasteiger partial charge in [0, 0.05) is 6.54 Å². The summed E-state index contributed by atoms with van der Waals surface area (Å²) in [4.78, 5) is 10.5. The van der Waals surface area contributed by atoms with Crippen LogP contribution in [0.25, 0.3) is 0 Å². The SMILES string of the molecule is COC(=O)OC1CNCCO1. The van der Waals surface area contributed by atoms with Crippen molar-refractivity contribution >= 4 is 6.16 Å². The second-order valence-electron chi connectivity index (χ2n) is 2.08. The van der Waals surface area contributed by atoms with Crippen molar-refractivity contribution in [1.82, 2.24) is 5.32 Å². The normalized spacial score (nSPS) is 24.3. The Morgan fingerprint density at radius 3 is 3.09 bits per heavy atom. The fraction of sp³-hybridized carbons (Fsp3) is 0.833. The maximum absolute atomic E-state index is 10.5. The molecule has 1 heterocycles. The summed E-state index contributed by atoms with van der Waals surface area (Å²) in [5.41, 5.74) is 0. The summed E-state index contributed by atoms with van der Waals surface area (Å²) in [7, 11) is 1.26. The van der Waals surface area contributed by atoms with Crippen LogP contribution in [0, 0.1) is 0 Å². The van der Waals surface area contributed by atoms with Gasteiger partial charge in [0.15, 0.2) is 0 Å². The summed E-state index contributed by atoms with van der Waals surface area (Å²) in [6.45, 7) is 1.87. The highest BCUT2D eigenvalue weighted by molar-refractivity contribution is 5.59. The fourth-order valence-electron chi connectivity index (χ4n) is 0.773. The van der Waals surface area contributed by atoms with Crippen LogP contribution < -0.4 is 5.32 Å². The first-order chi connectivity index (χ1) is 5.33. The van der Waals surface area contributed by atoms with Gasteiger partial charge in [-0.05, 0) is 0 Å². The van der Waals surface area contributed by atoms with Crippen LogP contribution in [0.3, 0.4) is 0 Å². The van der Waals surface area contributed by atoms with Crippen LogP contribution in [0.2, 0.25) is 0 Å². The van der Waals surface area contributed by atoms with Gasteiger partial charge in [-0.3, -0.25) is 0 Å². The van der Waals surface area contributed by atoms with Crippen molar-refractivity contribution in [3.05, 3.63) is 0 Å². The largest absolute Gasteiger partial charge is 0.510 e. The Labute approximate surface area is 64.6 Å². The molecule has 0 spiro atoms. The smallest absolute Gasteiger partial charge is 0.438 e. The molecule has 11 heavy (non-hydrogen) atoms. The molecule has 1 rings (SSSR count). The lowest BCUT2D eigenvalue weighted by Crippen LogP contribution is -2.41. The van der Waals surface area contributed by atoms with Crippen molar-refractivity contribution in [1.29, 1.82) is 0 Å². The highest BCUT2D eigenvalue weighted by Crippen LogP contribution is 1.98. The monoisotopic (exact) mass is 161 g/mol. The molecule has 1 N–H and O–H groups in total. The van der Waals surface area contributed by atoms with E-state index < -0.39 is 12.4 Å². The predicted octanol–water partition coefficient (Wildman–Crippen LogP) is -0.285. The second-order valence-corrected chi connectivity index (χ2v) is 2.08. The summed E-state index contributed by atoms with van der Waals surface area (Å²) in [6, 6.07) is 0. The standard InChI is InChI=1S/C6H11NO4/c1-9-6(8)11-5-4-7-2-3-10-5/h5,7H,2-4H2,1H3. The van der Waals surface area contributed by atoms with Crippen molar-refractivity contribution in [3.8, 4) is 0 Å². The van der Waals surface area contributed by atoms with Crippen LogP contribution in [0.1, 0.15) is 0 Å². The third-order valence-corrected chi connectivity index (χ3v) is 1.29. The van der Waals surface area contributed by atoms with E-state index in [9.17, 15) is 4.79 Å². The van der Waals surface area contributed by atoms with Crippen molar-refractivity contribution in [2.45, 2.75) is 6.29 Å². The number of methoxy groups -OCH3 is 1. The zero-order chi connectivity index (χ0) is 8.10. The number of hydrogen-bond acceptors (Lipinski definition) is 5. The maximum Gasteiger partial charge on any atom is 0.510 e. The minimum Gasteiger partial charge on any atom is -0.438 e. The van der Waals surface area contributed by atoms with E-state index in [1.54, 1.807) is 0 Å². The van der Waals surface area contributed by atoms with Crippen LogP contribution in [-0.2, 0) is 14.2 Å². The Balaban J connectivity index is 2.19. The number of carbonyl (C=O) groups excluding carboxylic acids is 1. The first-order valence-electron chi connectivity index (χ1n) is 3.40. The number of morpholine rings is 1. The molecule has 0 amide bonds. The van der Waals surface area contributed by atoms with E-state index in [4.69, 9.17) is 9.47 Å². The summed E-state index contributed by atoms with van der Waals surface area (Å²) in [5.74, 6) is 0. The highest BCUT2D eigenvalue weighted by atomic mass is 16.8. The lowest BCUT2D eigenvalue weighted by atomic mass is 10.5. The van der Waals surface area contributed by atoms with Gasteiger partial charge in [-0.1, -0.05) is 0 Å². The van der Waals surface area contributed by atoms with Gasteiger partial charge in [-0.2, -0.15) is 0 Å². The van der Waals surface area contributed by atoms with E-state index in [0.29, 0.717) is 13.2 Å². The molecule has 0 aromatic heterocycles. The van der Waals surface area contributed by atoms with E-state index >= 15 is 0 Å². The first kappa shape index (κ1) is 8.29. The molecule has 1 aliphatic rings. The van der Waals surface area contributed by atoms with E-state index in [0.717, 1.165) is 6.54 Å². The second kappa shape index (κ2) is 4.15. The molecule has 0 saturated carbocycles. The van der Waals surface area contributed by atoms with Crippen LogP contribution in [0.4, 0.5) is 4.79 Å². The van der Waals surface area contributed by atoms with E-state index in [1.807, 2.05) is 0 Å². The highest BCUT2D eigenvalue weighted by Gasteiger charge is 2.17. The molecule has 1 unspecified atom stereocenters. The van der Waals surface area contributed by atoms with Crippen molar-refractivity contribution in [2.24, 2.45) is 0 Å². The Hall–Kier alpha value is -0.810. The maximum atomic E-state index is 10.5. The van der Waals surface area contributed by atoms with Gasteiger partial charge >= 0.3 is 6.16 Å². The van der Waals surface area contributed by atoms with Gasteiger partial charge in [-0.25, -0.2) is 4.79 Å². The van der Waals surface area contributed by atoms with Gasteiger partial charge in [0.25, 0.3) is 0 Å². The summed E-state index contributed by atoms with van der Waals surface area (Å²) in [5, 5.41) is 3.01. The molecule has 0 bridgehead atoms. The van der Waals surface area contributed by atoms with Crippen molar-refractivity contribution in [3.63, 3.8) is 0 Å². The number of carbonyl (C=O) groups is 1. The van der Waals surface area contributed by atoms with Gasteiger partial charge in [0.05, 0.1) is 20.3 Å². The molecule has 5 nitrogen and oxygen atoms in total. The molecule has 0 radical (unpaired) electrons. The number of hydrogen-bond donors (Lipinski definition) is 1. The molecule has 0 aromatic rings. The van der Waals surface area contributed by atoms with Gasteiger partial charge in [0.2, 0.25) is 6.29 Å². The zero-order valence-corrected chi connectivity index (χ0v) is 6.33. The molecule has 64 valence electrons. The van der Waals surface area contributed by atoms with Crippen LogP contribution >= 0.6 is 0 Å². The minimum atomic E-state index is -0.710. The van der Waals surface area contributed by atoms with E-state index in [1.165, 1.54) is 7.11 Å². The number of nitrogens with one attached hydrogen (secondary N) is 1. The molecular formula is C6H11NO4. The third kappa shape index (κ3) is 2.73. The molecule has 1 aliphatic heterocycles. The molecule has 0 aliphatic carbocycles. The first-order valence-corrected chi connectivity index (χ1v) is 3.40. The average Bonchev–Trinajstić information content (AvgIpc) is 2.06. The van der Waals surface area contributed by atoms with Crippen LogP contribution in [-0.4, -0.2) is 39.3 Å². The van der Waals surface area contributed by atoms with Crippen LogP contribution in [0.15, 0.2) is 0 Å². The zero-order valence-electron chi connectivity index (χ0n) is 6.33. The third-order valence-electron chi connectivity index (χ3n) is 1.29. The minimum absolute atomic E-state index is 0.504. The number of rotatable bonds is 1. The van der Waals surface area contributed by atoms with Gasteiger partial charge in [-0.15, -0.1) is 0 Å². The summed E-state index contributed by atoms with van der Waals surface area (Å²) in [6.07, 6.45) is -1.21. The Morgan fingerprint density at radius 2 is 2.55 bits per heavy atom. The summed E-state index contributed by atoms with van der Waals surface area (Å²) >= 11 is 0. The Bertz CT molecular complexity index is 133. The summed E-state index contributed by atoms with van der Waals surface area (Å²) < 4.78 is 14.0. The van der Waals surface area contributed by atoms with E-state index in [-0.39, 0.29) is 0 Å². The topological polar surface area (TPSA) is 56.8 Å². The molecule has 5 heteroatoms. The molecule has 1 atom stereocenters. The van der Waals surface area contributed by atoms with E-state index in [2.05, 4.69) is 10.1 Å². The Kier molecular flexibility index (Phi) is 3.13. The average molecular weight is 161 g/mol. The molecule has 0 aromatic carbocycles. The quantitative estimate of drug-likeness (QED) is 0.536. The number of ether oxygens (including phenoxy) is 3. The lowest BCUT2D eigenvalue weighted by Gasteiger charge is -2.22. The molecule has 1 fully saturated rings. The van der Waals surface area contributed by atoms with Crippen molar-refractivity contribution in [2.75, 3.05) is 26.8 Å². The molecule has 1 saturated heterocycles. The fourth-order valence-corrected chi connectivity index (χ4v) is 0.773. The lowest BCUT2D eigenvalue weighted by molar-refractivity contribution is -0.130. The predicted molar refractivity (Wildman–Crippen MR) is 36.1 cm³/mol. The van der Waals surface area contributed by atoms with Crippen LogP contribution in [0.5, 0.6) is 0 Å². The van der Waals surface area contributed by atoms with Crippen molar-refractivity contribution < 1.29 is 19.0 Å².